The summed E-state index contributed by atoms with van der Waals surface area (Å²) in [6.45, 7) is 1.95. The molecule has 5 nitrogen and oxygen atoms in total. The molecule has 0 aromatic carbocycles. The van der Waals surface area contributed by atoms with Crippen molar-refractivity contribution in [2.45, 2.75) is 6.17 Å². The Morgan fingerprint density at radius 3 is 3.31 bits per heavy atom. The summed E-state index contributed by atoms with van der Waals surface area (Å²) >= 11 is 0. The van der Waals surface area contributed by atoms with Crippen LogP contribution >= 0.6 is 0 Å². The van der Waals surface area contributed by atoms with Crippen molar-refractivity contribution in [1.29, 1.82) is 0 Å². The fourth-order valence-corrected chi connectivity index (χ4v) is 1.31. The van der Waals surface area contributed by atoms with Crippen LogP contribution in [0.1, 0.15) is 6.17 Å². The van der Waals surface area contributed by atoms with Gasteiger partial charge in [0.25, 0.3) is 5.56 Å². The summed E-state index contributed by atoms with van der Waals surface area (Å²) in [4.78, 5) is 11.3. The third-order valence-corrected chi connectivity index (χ3v) is 1.94. The molecule has 2 rings (SSSR count). The smallest absolute Gasteiger partial charge is 0.268 e. The maximum absolute atomic E-state index is 11.3. The van der Waals surface area contributed by atoms with Crippen LogP contribution in [0, 0.1) is 0 Å². The molecule has 1 aromatic rings. The molecule has 1 aliphatic rings. The van der Waals surface area contributed by atoms with E-state index in [4.69, 9.17) is 4.74 Å². The highest BCUT2D eigenvalue weighted by molar-refractivity contribution is 4.86. The van der Waals surface area contributed by atoms with E-state index in [0.29, 0.717) is 13.2 Å². The van der Waals surface area contributed by atoms with E-state index in [1.54, 1.807) is 12.3 Å². The first-order chi connectivity index (χ1) is 6.38. The Morgan fingerprint density at radius 2 is 2.62 bits per heavy atom. The second-order valence-corrected chi connectivity index (χ2v) is 2.85. The summed E-state index contributed by atoms with van der Waals surface area (Å²) in [5.41, 5.74) is -0.106. The minimum Gasteiger partial charge on any atom is -0.376 e. The summed E-state index contributed by atoms with van der Waals surface area (Å²) in [6, 6.07) is 3.12. The fourth-order valence-electron chi connectivity index (χ4n) is 1.31. The molecule has 1 fully saturated rings. The third-order valence-electron chi connectivity index (χ3n) is 1.94. The molecule has 0 spiro atoms. The Morgan fingerprint density at radius 1 is 1.69 bits per heavy atom. The first-order valence-electron chi connectivity index (χ1n) is 4.23. The molecular weight excluding hydrogens is 170 g/mol. The predicted molar refractivity (Wildman–Crippen MR) is 46.4 cm³/mol. The van der Waals surface area contributed by atoms with E-state index < -0.39 is 0 Å². The van der Waals surface area contributed by atoms with Crippen LogP contribution in [0.3, 0.4) is 0 Å². The minimum atomic E-state index is -0.123. The zero-order chi connectivity index (χ0) is 9.10. The number of hydrogen-bond acceptors (Lipinski definition) is 4. The van der Waals surface area contributed by atoms with Gasteiger partial charge >= 0.3 is 0 Å². The van der Waals surface area contributed by atoms with Crippen LogP contribution < -0.4 is 10.9 Å². The quantitative estimate of drug-likeness (QED) is 0.626. The van der Waals surface area contributed by atoms with E-state index in [0.717, 1.165) is 6.54 Å². The summed E-state index contributed by atoms with van der Waals surface area (Å²) < 4.78 is 6.63. The second-order valence-electron chi connectivity index (χ2n) is 2.85. The molecule has 0 amide bonds. The molecule has 13 heavy (non-hydrogen) atoms. The summed E-state index contributed by atoms with van der Waals surface area (Å²) in [7, 11) is 0. The Labute approximate surface area is 75.3 Å². The van der Waals surface area contributed by atoms with E-state index in [1.165, 1.54) is 10.7 Å². The van der Waals surface area contributed by atoms with Crippen molar-refractivity contribution >= 4 is 0 Å². The SMILES string of the molecule is O=c1cccnn1C1COCCN1. The van der Waals surface area contributed by atoms with Crippen molar-refractivity contribution in [2.24, 2.45) is 0 Å². The Bertz CT molecular complexity index is 330. The molecule has 5 heteroatoms. The van der Waals surface area contributed by atoms with Crippen LogP contribution in [-0.2, 0) is 4.74 Å². The summed E-state index contributed by atoms with van der Waals surface area (Å²) in [5, 5.41) is 7.12. The van der Waals surface area contributed by atoms with Crippen LogP contribution in [0.15, 0.2) is 23.1 Å². The normalized spacial score (nSPS) is 22.9. The number of ether oxygens (including phenoxy) is 1. The van der Waals surface area contributed by atoms with E-state index in [-0.39, 0.29) is 11.7 Å². The van der Waals surface area contributed by atoms with Gasteiger partial charge in [-0.1, -0.05) is 0 Å². The molecule has 0 aliphatic carbocycles. The molecule has 2 heterocycles. The largest absolute Gasteiger partial charge is 0.376 e. The van der Waals surface area contributed by atoms with Crippen LogP contribution in [0.25, 0.3) is 0 Å². The van der Waals surface area contributed by atoms with Crippen molar-refractivity contribution in [3.8, 4) is 0 Å². The molecule has 1 saturated heterocycles. The molecule has 70 valence electrons. The highest BCUT2D eigenvalue weighted by atomic mass is 16.5. The topological polar surface area (TPSA) is 56.2 Å². The average molecular weight is 181 g/mol. The van der Waals surface area contributed by atoms with Gasteiger partial charge in [-0.25, -0.2) is 4.68 Å². The Kier molecular flexibility index (Phi) is 2.37. The Balaban J connectivity index is 2.24. The van der Waals surface area contributed by atoms with Crippen molar-refractivity contribution in [3.63, 3.8) is 0 Å². The maximum Gasteiger partial charge on any atom is 0.268 e. The lowest BCUT2D eigenvalue weighted by Gasteiger charge is -2.24. The first-order valence-corrected chi connectivity index (χ1v) is 4.23. The minimum absolute atomic E-state index is 0.106. The van der Waals surface area contributed by atoms with Crippen LogP contribution in [0.2, 0.25) is 0 Å². The number of aromatic nitrogens is 2. The van der Waals surface area contributed by atoms with Gasteiger partial charge in [-0.15, -0.1) is 0 Å². The lowest BCUT2D eigenvalue weighted by Crippen LogP contribution is -2.43. The van der Waals surface area contributed by atoms with Crippen molar-refractivity contribution < 1.29 is 4.74 Å². The van der Waals surface area contributed by atoms with Gasteiger partial charge < -0.3 is 4.74 Å². The van der Waals surface area contributed by atoms with Gasteiger partial charge in [-0.2, -0.15) is 5.10 Å². The average Bonchev–Trinajstić information content (AvgIpc) is 2.20. The molecule has 1 aromatic heterocycles. The summed E-state index contributed by atoms with van der Waals surface area (Å²) in [6.07, 6.45) is 1.47. The highest BCUT2D eigenvalue weighted by Gasteiger charge is 2.15. The molecule has 0 radical (unpaired) electrons. The van der Waals surface area contributed by atoms with Gasteiger partial charge in [-0.05, 0) is 6.07 Å². The lowest BCUT2D eigenvalue weighted by molar-refractivity contribution is 0.0465. The van der Waals surface area contributed by atoms with Crippen LogP contribution in [0.5, 0.6) is 0 Å². The molecule has 1 unspecified atom stereocenters. The zero-order valence-electron chi connectivity index (χ0n) is 7.14. The number of rotatable bonds is 1. The Hall–Kier alpha value is -1.20. The van der Waals surface area contributed by atoms with Crippen LogP contribution in [0.4, 0.5) is 0 Å². The molecular formula is C8H11N3O2. The van der Waals surface area contributed by atoms with Gasteiger partial charge in [0.2, 0.25) is 0 Å². The van der Waals surface area contributed by atoms with Gasteiger partial charge in [0, 0.05) is 18.8 Å². The first kappa shape index (κ1) is 8.40. The van der Waals surface area contributed by atoms with Gasteiger partial charge in [0.1, 0.15) is 6.17 Å². The van der Waals surface area contributed by atoms with E-state index in [9.17, 15) is 4.79 Å². The third kappa shape index (κ3) is 1.76. The number of morpholine rings is 1. The van der Waals surface area contributed by atoms with Crippen molar-refractivity contribution in [1.82, 2.24) is 15.1 Å². The molecule has 0 bridgehead atoms. The molecule has 1 atom stereocenters. The van der Waals surface area contributed by atoms with E-state index in [2.05, 4.69) is 10.4 Å². The standard InChI is InChI=1S/C8H11N3O2/c12-8-2-1-3-10-11(8)7-6-13-5-4-9-7/h1-3,7,9H,4-6H2. The summed E-state index contributed by atoms with van der Waals surface area (Å²) in [5.74, 6) is 0. The van der Waals surface area contributed by atoms with E-state index >= 15 is 0 Å². The predicted octanol–water partition coefficient (Wildman–Crippen LogP) is -0.638. The van der Waals surface area contributed by atoms with Crippen LogP contribution in [-0.4, -0.2) is 29.5 Å². The second kappa shape index (κ2) is 3.68. The van der Waals surface area contributed by atoms with E-state index in [1.807, 2.05) is 0 Å². The maximum atomic E-state index is 11.3. The number of nitrogens with zero attached hydrogens (tertiary/aromatic N) is 2. The van der Waals surface area contributed by atoms with Gasteiger partial charge in [0.05, 0.1) is 13.2 Å². The zero-order valence-corrected chi connectivity index (χ0v) is 7.14. The number of hydrogen-bond donors (Lipinski definition) is 1. The van der Waals surface area contributed by atoms with Gasteiger partial charge in [0.15, 0.2) is 0 Å². The highest BCUT2D eigenvalue weighted by Crippen LogP contribution is 2.00. The molecule has 1 N–H and O–H groups in total. The van der Waals surface area contributed by atoms with Crippen molar-refractivity contribution in [3.05, 3.63) is 28.7 Å². The molecule has 1 aliphatic heterocycles. The van der Waals surface area contributed by atoms with Crippen molar-refractivity contribution in [2.75, 3.05) is 19.8 Å². The lowest BCUT2D eigenvalue weighted by atomic mass is 10.4. The number of nitrogens with one attached hydrogen (secondary N) is 1. The van der Waals surface area contributed by atoms with Gasteiger partial charge in [-0.3, -0.25) is 10.1 Å². The fraction of sp³-hybridized carbons (Fsp3) is 0.500. The molecule has 0 saturated carbocycles. The monoisotopic (exact) mass is 181 g/mol.